The molecule has 0 bridgehead atoms. The number of nitrogens with one attached hydrogen (secondary N) is 1. The van der Waals surface area contributed by atoms with Gasteiger partial charge in [-0.1, -0.05) is 12.2 Å². The summed E-state index contributed by atoms with van der Waals surface area (Å²) in [6, 6.07) is 0. The van der Waals surface area contributed by atoms with Crippen molar-refractivity contribution in [2.45, 2.75) is 20.4 Å². The number of imidazole rings is 1. The average Bonchev–Trinajstić information content (AvgIpc) is 2.73. The van der Waals surface area contributed by atoms with E-state index in [1.54, 1.807) is 19.4 Å². The highest BCUT2D eigenvalue weighted by Gasteiger charge is 2.09. The summed E-state index contributed by atoms with van der Waals surface area (Å²) in [5.41, 5.74) is 1.45. The summed E-state index contributed by atoms with van der Waals surface area (Å²) >= 11 is 0. The van der Waals surface area contributed by atoms with Gasteiger partial charge in [0.15, 0.2) is 5.69 Å². The van der Waals surface area contributed by atoms with Crippen LogP contribution in [0.3, 0.4) is 0 Å². The summed E-state index contributed by atoms with van der Waals surface area (Å²) in [5.74, 6) is -0.374. The van der Waals surface area contributed by atoms with Gasteiger partial charge in [-0.25, -0.2) is 9.78 Å². The summed E-state index contributed by atoms with van der Waals surface area (Å²) < 4.78 is 6.72. The Labute approximate surface area is 101 Å². The summed E-state index contributed by atoms with van der Waals surface area (Å²) in [6.45, 7) is 10.3. The number of rotatable bonds is 7. The highest BCUT2D eigenvalue weighted by molar-refractivity contribution is 5.86. The Bertz CT molecular complexity index is 385. The van der Waals surface area contributed by atoms with Crippen molar-refractivity contribution in [2.24, 2.45) is 0 Å². The topological polar surface area (TPSA) is 56.2 Å². The second kappa shape index (κ2) is 6.85. The maximum atomic E-state index is 11.4. The minimum atomic E-state index is -0.374. The van der Waals surface area contributed by atoms with Crippen LogP contribution in [-0.4, -0.2) is 35.2 Å². The Kier molecular flexibility index (Phi) is 5.42. The lowest BCUT2D eigenvalue weighted by Crippen LogP contribution is -2.21. The average molecular weight is 237 g/mol. The van der Waals surface area contributed by atoms with Crippen LogP contribution in [0.5, 0.6) is 0 Å². The van der Waals surface area contributed by atoms with Gasteiger partial charge in [-0.2, -0.15) is 0 Å². The number of hydrogen-bond donors (Lipinski definition) is 1. The van der Waals surface area contributed by atoms with E-state index < -0.39 is 0 Å². The first-order valence-electron chi connectivity index (χ1n) is 5.67. The molecule has 0 radical (unpaired) electrons. The van der Waals surface area contributed by atoms with E-state index in [1.165, 1.54) is 0 Å². The molecule has 17 heavy (non-hydrogen) atoms. The van der Waals surface area contributed by atoms with Crippen LogP contribution in [0.4, 0.5) is 0 Å². The van der Waals surface area contributed by atoms with Gasteiger partial charge in [-0.3, -0.25) is 0 Å². The van der Waals surface area contributed by atoms with E-state index in [0.717, 1.165) is 25.2 Å². The van der Waals surface area contributed by atoms with Crippen LogP contribution in [0, 0.1) is 0 Å². The van der Waals surface area contributed by atoms with Gasteiger partial charge in [0.1, 0.15) is 0 Å². The molecule has 0 atom stereocenters. The fourth-order valence-electron chi connectivity index (χ4n) is 1.30. The number of nitrogens with zero attached hydrogens (tertiary/aromatic N) is 2. The third kappa shape index (κ3) is 4.82. The van der Waals surface area contributed by atoms with E-state index in [1.807, 2.05) is 11.5 Å². The minimum Gasteiger partial charge on any atom is -0.461 e. The fraction of sp³-hybridized carbons (Fsp3) is 0.500. The van der Waals surface area contributed by atoms with Gasteiger partial charge in [0.25, 0.3) is 0 Å². The number of ether oxygens (including phenoxy) is 1. The summed E-state index contributed by atoms with van der Waals surface area (Å²) in [4.78, 5) is 15.3. The molecule has 0 unspecified atom stereocenters. The van der Waals surface area contributed by atoms with Crippen molar-refractivity contribution in [3.63, 3.8) is 0 Å². The van der Waals surface area contributed by atoms with Crippen molar-refractivity contribution >= 4 is 5.97 Å². The Morgan fingerprint density at radius 1 is 1.65 bits per heavy atom. The second-order valence-electron chi connectivity index (χ2n) is 3.85. The van der Waals surface area contributed by atoms with Gasteiger partial charge in [0.05, 0.1) is 12.9 Å². The molecular weight excluding hydrogens is 218 g/mol. The van der Waals surface area contributed by atoms with Crippen LogP contribution >= 0.6 is 0 Å². The van der Waals surface area contributed by atoms with Crippen molar-refractivity contribution < 1.29 is 9.53 Å². The van der Waals surface area contributed by atoms with Gasteiger partial charge in [-0.05, 0) is 13.8 Å². The predicted molar refractivity (Wildman–Crippen MR) is 65.9 cm³/mol. The monoisotopic (exact) mass is 237 g/mol. The molecule has 1 aromatic rings. The smallest absolute Gasteiger partial charge is 0.358 e. The van der Waals surface area contributed by atoms with Gasteiger partial charge >= 0.3 is 5.97 Å². The molecule has 1 rings (SSSR count). The molecular formula is C12H19N3O2. The largest absolute Gasteiger partial charge is 0.461 e. The van der Waals surface area contributed by atoms with E-state index in [-0.39, 0.29) is 5.97 Å². The Morgan fingerprint density at radius 3 is 3.06 bits per heavy atom. The van der Waals surface area contributed by atoms with E-state index >= 15 is 0 Å². The first-order chi connectivity index (χ1) is 8.13. The van der Waals surface area contributed by atoms with Crippen LogP contribution in [0.15, 0.2) is 24.7 Å². The van der Waals surface area contributed by atoms with Crippen molar-refractivity contribution in [3.8, 4) is 0 Å². The first-order valence-corrected chi connectivity index (χ1v) is 5.67. The van der Waals surface area contributed by atoms with Crippen LogP contribution in [-0.2, 0) is 11.3 Å². The number of carbonyl (C=O) groups excluding carboxylic acids is 1. The molecule has 5 heteroatoms. The molecule has 1 aromatic heterocycles. The molecule has 0 aliphatic heterocycles. The second-order valence-corrected chi connectivity index (χ2v) is 3.85. The van der Waals surface area contributed by atoms with Crippen molar-refractivity contribution in [1.82, 2.24) is 14.9 Å². The third-order valence-electron chi connectivity index (χ3n) is 2.09. The molecule has 0 aliphatic rings. The van der Waals surface area contributed by atoms with Crippen LogP contribution < -0.4 is 5.32 Å². The summed E-state index contributed by atoms with van der Waals surface area (Å²) in [7, 11) is 0. The molecule has 1 heterocycles. The molecule has 1 N–H and O–H groups in total. The molecule has 0 spiro atoms. The van der Waals surface area contributed by atoms with Crippen molar-refractivity contribution in [2.75, 3.05) is 19.7 Å². The first kappa shape index (κ1) is 13.4. The van der Waals surface area contributed by atoms with Crippen LogP contribution in [0.25, 0.3) is 0 Å². The summed E-state index contributed by atoms with van der Waals surface area (Å²) in [6.07, 6.45) is 3.33. The molecule has 0 aromatic carbocycles. The van der Waals surface area contributed by atoms with E-state index in [2.05, 4.69) is 16.9 Å². The zero-order valence-corrected chi connectivity index (χ0v) is 10.4. The van der Waals surface area contributed by atoms with Crippen molar-refractivity contribution in [1.29, 1.82) is 0 Å². The molecule has 0 aliphatic carbocycles. The van der Waals surface area contributed by atoms with Gasteiger partial charge < -0.3 is 14.6 Å². The molecule has 0 saturated heterocycles. The SMILES string of the molecule is C=C(C)CNCCn1cnc(C(=O)OCC)c1. The highest BCUT2D eigenvalue weighted by Crippen LogP contribution is 1.98. The zero-order chi connectivity index (χ0) is 12.7. The predicted octanol–water partition coefficient (Wildman–Crippen LogP) is 1.23. The maximum absolute atomic E-state index is 11.4. The Balaban J connectivity index is 2.35. The Hall–Kier alpha value is -1.62. The van der Waals surface area contributed by atoms with E-state index in [9.17, 15) is 4.79 Å². The van der Waals surface area contributed by atoms with Gasteiger partial charge in [0, 0.05) is 25.8 Å². The molecule has 0 fully saturated rings. The zero-order valence-electron chi connectivity index (χ0n) is 10.4. The highest BCUT2D eigenvalue weighted by atomic mass is 16.5. The van der Waals surface area contributed by atoms with Gasteiger partial charge in [0.2, 0.25) is 0 Å². The van der Waals surface area contributed by atoms with Crippen molar-refractivity contribution in [3.05, 3.63) is 30.4 Å². The summed E-state index contributed by atoms with van der Waals surface area (Å²) in [5, 5.41) is 3.23. The molecule has 0 amide bonds. The lowest BCUT2D eigenvalue weighted by atomic mass is 10.3. The van der Waals surface area contributed by atoms with Gasteiger partial charge in [-0.15, -0.1) is 0 Å². The number of esters is 1. The molecule has 5 nitrogen and oxygen atoms in total. The lowest BCUT2D eigenvalue weighted by Gasteiger charge is -2.04. The quantitative estimate of drug-likeness (QED) is 0.440. The molecule has 94 valence electrons. The van der Waals surface area contributed by atoms with E-state index in [4.69, 9.17) is 4.74 Å². The maximum Gasteiger partial charge on any atom is 0.358 e. The number of carbonyl (C=O) groups is 1. The fourth-order valence-corrected chi connectivity index (χ4v) is 1.30. The number of hydrogen-bond acceptors (Lipinski definition) is 4. The standard InChI is InChI=1S/C12H19N3O2/c1-4-17-12(16)11-8-15(9-14-11)6-5-13-7-10(2)3/h8-9,13H,2,4-7H2,1,3H3. The van der Waals surface area contributed by atoms with Crippen LogP contribution in [0.2, 0.25) is 0 Å². The lowest BCUT2D eigenvalue weighted by molar-refractivity contribution is 0.0520. The Morgan fingerprint density at radius 2 is 2.41 bits per heavy atom. The normalized spacial score (nSPS) is 10.2. The minimum absolute atomic E-state index is 0.353. The third-order valence-corrected chi connectivity index (χ3v) is 2.09. The van der Waals surface area contributed by atoms with E-state index in [0.29, 0.717) is 12.3 Å². The van der Waals surface area contributed by atoms with Crippen LogP contribution in [0.1, 0.15) is 24.3 Å². The number of aromatic nitrogens is 2. The molecule has 0 saturated carbocycles.